The molecule has 20 aromatic rings. The third-order valence-electron chi connectivity index (χ3n) is 22.6. The summed E-state index contributed by atoms with van der Waals surface area (Å²) in [7, 11) is 0. The number of hydrogen-bond acceptors (Lipinski definition) is 4. The summed E-state index contributed by atoms with van der Waals surface area (Å²) in [6, 6.07) is 142. The first-order valence-electron chi connectivity index (χ1n) is 36.9. The summed E-state index contributed by atoms with van der Waals surface area (Å²) in [5, 5.41) is 15.0. The maximum absolute atomic E-state index is 6.01. The zero-order chi connectivity index (χ0) is 70.2. The Bertz CT molecular complexity index is 6340. The molecular formula is C102H63BN4. The Hall–Kier alpha value is -14.0. The van der Waals surface area contributed by atoms with Gasteiger partial charge in [0.05, 0.1) is 11.4 Å². The quantitative estimate of drug-likeness (QED) is 0.0954. The normalized spacial score (nSPS) is 12.4. The lowest BCUT2D eigenvalue weighted by Gasteiger charge is -2.45. The van der Waals surface area contributed by atoms with Gasteiger partial charge in [0.25, 0.3) is 6.71 Å². The van der Waals surface area contributed by atoms with Gasteiger partial charge in [-0.1, -0.05) is 291 Å². The highest BCUT2D eigenvalue weighted by Crippen LogP contribution is 2.52. The number of hydrogen-bond donors (Lipinski definition) is 0. The molecule has 19 aromatic carbocycles. The fourth-order valence-corrected chi connectivity index (χ4v) is 17.8. The summed E-state index contributed by atoms with van der Waals surface area (Å²) in [5.74, 6) is 0.619. The van der Waals surface area contributed by atoms with Crippen LogP contribution in [0.3, 0.4) is 0 Å². The highest BCUT2D eigenvalue weighted by molar-refractivity contribution is 7.03. The van der Waals surface area contributed by atoms with Crippen molar-refractivity contribution in [3.8, 4) is 101 Å². The molecule has 0 saturated carbocycles. The van der Waals surface area contributed by atoms with Crippen molar-refractivity contribution in [2.24, 2.45) is 0 Å². The van der Waals surface area contributed by atoms with Gasteiger partial charge in [-0.05, 0) is 239 Å². The number of rotatable bonds is 11. The summed E-state index contributed by atoms with van der Waals surface area (Å²) in [6.45, 7) is -0.265. The Morgan fingerprint density at radius 1 is 0.187 bits per heavy atom. The largest absolute Gasteiger partial charge is 0.311 e. The first-order valence-corrected chi connectivity index (χ1v) is 36.9. The van der Waals surface area contributed by atoms with Crippen LogP contribution in [-0.2, 0) is 0 Å². The molecule has 1 aromatic heterocycles. The minimum atomic E-state index is -0.265. The van der Waals surface area contributed by atoms with E-state index >= 15 is 0 Å². The minimum Gasteiger partial charge on any atom is -0.311 e. The molecule has 0 atom stereocenters. The van der Waals surface area contributed by atoms with Crippen LogP contribution in [0.4, 0.5) is 34.1 Å². The molecule has 2 aliphatic rings. The third-order valence-corrected chi connectivity index (χ3v) is 22.6. The number of benzene rings is 19. The molecule has 494 valence electrons. The monoisotopic (exact) mass is 1350 g/mol. The molecule has 2 aliphatic heterocycles. The Balaban J connectivity index is 0.880. The molecule has 0 saturated heterocycles. The molecule has 0 N–H and O–H groups in total. The van der Waals surface area contributed by atoms with E-state index in [2.05, 4.69) is 392 Å². The maximum Gasteiger partial charge on any atom is 0.253 e. The van der Waals surface area contributed by atoms with Crippen molar-refractivity contribution in [2.75, 3.05) is 9.80 Å². The summed E-state index contributed by atoms with van der Waals surface area (Å²) < 4.78 is 0. The van der Waals surface area contributed by atoms with E-state index in [1.54, 1.807) is 0 Å². The lowest BCUT2D eigenvalue weighted by atomic mass is 9.32. The smallest absolute Gasteiger partial charge is 0.253 e. The van der Waals surface area contributed by atoms with E-state index in [1.165, 1.54) is 92.2 Å². The van der Waals surface area contributed by atoms with E-state index in [9.17, 15) is 0 Å². The lowest BCUT2D eigenvalue weighted by molar-refractivity contribution is 1.18. The van der Waals surface area contributed by atoms with Gasteiger partial charge in [-0.3, -0.25) is 0 Å². The third kappa shape index (κ3) is 9.93. The summed E-state index contributed by atoms with van der Waals surface area (Å²) in [6.07, 6.45) is 0. The van der Waals surface area contributed by atoms with E-state index in [0.29, 0.717) is 5.82 Å². The Labute approximate surface area is 620 Å². The fraction of sp³-hybridized carbons (Fsp3) is 0. The van der Waals surface area contributed by atoms with E-state index in [0.717, 1.165) is 118 Å². The summed E-state index contributed by atoms with van der Waals surface area (Å²) >= 11 is 0. The van der Waals surface area contributed by atoms with Crippen molar-refractivity contribution in [2.45, 2.75) is 0 Å². The molecule has 0 radical (unpaired) electrons. The van der Waals surface area contributed by atoms with Crippen LogP contribution in [0.2, 0.25) is 0 Å². The molecule has 107 heavy (non-hydrogen) atoms. The molecule has 0 amide bonds. The highest BCUT2D eigenvalue weighted by atomic mass is 15.2. The molecule has 0 aliphatic carbocycles. The van der Waals surface area contributed by atoms with Gasteiger partial charge in [-0.25, -0.2) is 9.97 Å². The molecule has 0 fully saturated rings. The van der Waals surface area contributed by atoms with Gasteiger partial charge in [-0.2, -0.15) is 0 Å². The topological polar surface area (TPSA) is 32.3 Å². The van der Waals surface area contributed by atoms with E-state index < -0.39 is 0 Å². The van der Waals surface area contributed by atoms with Crippen LogP contribution in [0.5, 0.6) is 0 Å². The molecule has 0 unspecified atom stereocenters. The van der Waals surface area contributed by atoms with Crippen molar-refractivity contribution < 1.29 is 0 Å². The number of nitrogens with zero attached hydrogens (tertiary/aromatic N) is 4. The first-order chi connectivity index (χ1) is 53.0. The van der Waals surface area contributed by atoms with Crippen LogP contribution in [-0.4, -0.2) is 16.7 Å². The standard InChI is InChI=1S/C102H63BN4/c1-7-21-64(22-8-1)70-41-47-85(48-42-70)106-91-59-76-39-37-72-33-19-35-74-45-51-87(97(76)95(72)74)99(91)103-100-88-52-46-75-36-20-34-73-38-40-77(98(88)96(73)75)60-92(100)107(86-49-43-71(44-50-86)65-23-9-2-10-24-65)94-62-83(61-93(106)101(94)103)90-63-89(82-55-78(66-25-11-3-12-26-66)53-79(56-82)67-27-13-4-14-28-67)104-102(105-90)84-57-80(68-29-15-5-16-30-68)54-81(58-84)69-31-17-6-18-32-69/h1-63H. The second-order valence-electron chi connectivity index (χ2n) is 28.7. The SMILES string of the molecule is c1ccc(-c2ccc(N3c4cc(-c5cc(-c6cc(-c7ccccc7)cc(-c7ccccc7)c6)nc(-c6cc(-c7ccccc7)cc(-c7ccccc7)c6)n5)cc5c4B(c4c3cc3ccc6cccc7ccc4c3c67)c3c(cc4ccc6cccc7ccc3c4c67)N5c3ccc(-c4ccccc4)cc3)cc2)cc1. The molecule has 0 bridgehead atoms. The molecule has 22 rings (SSSR count). The van der Waals surface area contributed by atoms with E-state index in [4.69, 9.17) is 9.97 Å². The van der Waals surface area contributed by atoms with Gasteiger partial charge >= 0.3 is 0 Å². The van der Waals surface area contributed by atoms with E-state index in [-0.39, 0.29) is 6.71 Å². The second-order valence-corrected chi connectivity index (χ2v) is 28.7. The van der Waals surface area contributed by atoms with Crippen LogP contribution in [0.1, 0.15) is 0 Å². The lowest BCUT2D eigenvalue weighted by Crippen LogP contribution is -2.61. The average molecular weight is 1360 g/mol. The van der Waals surface area contributed by atoms with Gasteiger partial charge < -0.3 is 9.80 Å². The zero-order valence-corrected chi connectivity index (χ0v) is 58.2. The van der Waals surface area contributed by atoms with Crippen LogP contribution in [0.25, 0.3) is 165 Å². The van der Waals surface area contributed by atoms with Crippen LogP contribution >= 0.6 is 0 Å². The predicted molar refractivity (Wildman–Crippen MR) is 452 cm³/mol. The van der Waals surface area contributed by atoms with Gasteiger partial charge in [0.15, 0.2) is 5.82 Å². The number of anilines is 6. The van der Waals surface area contributed by atoms with E-state index in [1.807, 2.05) is 0 Å². The van der Waals surface area contributed by atoms with Gasteiger partial charge in [0.1, 0.15) is 0 Å². The predicted octanol–water partition coefficient (Wildman–Crippen LogP) is 25.4. The average Bonchev–Trinajstić information content (AvgIpc) is 0.674. The van der Waals surface area contributed by atoms with Crippen molar-refractivity contribution in [3.05, 3.63) is 382 Å². The van der Waals surface area contributed by atoms with Crippen LogP contribution in [0, 0.1) is 0 Å². The molecule has 3 heterocycles. The Morgan fingerprint density at radius 2 is 0.477 bits per heavy atom. The van der Waals surface area contributed by atoms with Crippen LogP contribution in [0.15, 0.2) is 382 Å². The number of aromatic nitrogens is 2. The van der Waals surface area contributed by atoms with Gasteiger partial charge in [0.2, 0.25) is 0 Å². The zero-order valence-electron chi connectivity index (χ0n) is 58.2. The highest BCUT2D eigenvalue weighted by Gasteiger charge is 2.46. The second kappa shape index (κ2) is 24.3. The minimum absolute atomic E-state index is 0.265. The Morgan fingerprint density at radius 3 is 0.841 bits per heavy atom. The van der Waals surface area contributed by atoms with Gasteiger partial charge in [-0.15, -0.1) is 0 Å². The fourth-order valence-electron chi connectivity index (χ4n) is 17.8. The molecule has 0 spiro atoms. The van der Waals surface area contributed by atoms with Crippen molar-refractivity contribution >= 4 is 122 Å². The summed E-state index contributed by atoms with van der Waals surface area (Å²) in [5.41, 5.74) is 28.2. The summed E-state index contributed by atoms with van der Waals surface area (Å²) in [4.78, 5) is 17.1. The van der Waals surface area contributed by atoms with Gasteiger partial charge in [0, 0.05) is 50.8 Å². The molecular weight excluding hydrogens is 1290 g/mol. The molecule has 5 heteroatoms. The first kappa shape index (κ1) is 60.6. The van der Waals surface area contributed by atoms with Crippen molar-refractivity contribution in [1.82, 2.24) is 9.97 Å². The molecule has 4 nitrogen and oxygen atoms in total. The number of fused-ring (bicyclic) bond motifs is 6. The van der Waals surface area contributed by atoms with Crippen molar-refractivity contribution in [3.63, 3.8) is 0 Å². The Kier molecular flexibility index (Phi) is 13.8. The maximum atomic E-state index is 6.01. The van der Waals surface area contributed by atoms with Crippen LogP contribution < -0.4 is 26.2 Å². The van der Waals surface area contributed by atoms with Crippen molar-refractivity contribution in [1.29, 1.82) is 0 Å².